The second-order valence-electron chi connectivity index (χ2n) is 4.67. The van der Waals surface area contributed by atoms with Crippen molar-refractivity contribution in [2.75, 3.05) is 20.1 Å². The van der Waals surface area contributed by atoms with E-state index in [1.54, 1.807) is 24.6 Å². The van der Waals surface area contributed by atoms with Gasteiger partial charge >= 0.3 is 0 Å². The minimum atomic E-state index is 0. The summed E-state index contributed by atoms with van der Waals surface area (Å²) in [6, 6.07) is 6.06. The fourth-order valence-corrected chi connectivity index (χ4v) is 2.68. The van der Waals surface area contributed by atoms with Gasteiger partial charge < -0.3 is 15.1 Å². The van der Waals surface area contributed by atoms with Crippen LogP contribution in [0.2, 0.25) is 0 Å². The molecule has 1 atom stereocenters. The van der Waals surface area contributed by atoms with Gasteiger partial charge in [0, 0.05) is 26.6 Å². The molecule has 6 heteroatoms. The lowest BCUT2D eigenvalue weighted by Crippen LogP contribution is -2.39. The fraction of sp³-hybridized carbons (Fsp3) is 0.400. The van der Waals surface area contributed by atoms with Crippen LogP contribution in [0.4, 0.5) is 0 Å². The average Bonchev–Trinajstić information content (AvgIpc) is 3.14. The van der Waals surface area contributed by atoms with Crippen LogP contribution in [0, 0.1) is 0 Å². The number of aliphatic imine (C=N–C) groups is 1. The Balaban J connectivity index is 0.00000220. The fourth-order valence-electron chi connectivity index (χ4n) is 1.90. The summed E-state index contributed by atoms with van der Waals surface area (Å²) in [7, 11) is 1.79. The van der Waals surface area contributed by atoms with Gasteiger partial charge in [0.15, 0.2) is 5.96 Å². The van der Waals surface area contributed by atoms with E-state index in [9.17, 15) is 0 Å². The van der Waals surface area contributed by atoms with Crippen molar-refractivity contribution in [2.24, 2.45) is 4.99 Å². The molecular formula is C15H22IN3OS. The number of thiophene rings is 1. The molecule has 0 radical (unpaired) electrons. The van der Waals surface area contributed by atoms with E-state index in [1.165, 1.54) is 5.56 Å². The van der Waals surface area contributed by atoms with Crippen LogP contribution in [0.1, 0.15) is 24.2 Å². The van der Waals surface area contributed by atoms with Crippen LogP contribution in [0.5, 0.6) is 0 Å². The molecule has 0 aliphatic heterocycles. The van der Waals surface area contributed by atoms with Crippen molar-refractivity contribution in [3.05, 3.63) is 46.5 Å². The van der Waals surface area contributed by atoms with Gasteiger partial charge in [-0.05, 0) is 40.4 Å². The molecule has 2 aromatic heterocycles. The molecule has 0 amide bonds. The van der Waals surface area contributed by atoms with E-state index in [4.69, 9.17) is 4.42 Å². The summed E-state index contributed by atoms with van der Waals surface area (Å²) in [6.45, 7) is 3.89. The summed E-state index contributed by atoms with van der Waals surface area (Å²) in [4.78, 5) is 4.23. The monoisotopic (exact) mass is 419 g/mol. The Morgan fingerprint density at radius 3 is 2.86 bits per heavy atom. The third-order valence-corrected chi connectivity index (χ3v) is 3.86. The maximum atomic E-state index is 5.30. The summed E-state index contributed by atoms with van der Waals surface area (Å²) < 4.78 is 5.30. The van der Waals surface area contributed by atoms with Gasteiger partial charge in [-0.15, -0.1) is 24.0 Å². The van der Waals surface area contributed by atoms with Gasteiger partial charge in [-0.25, -0.2) is 0 Å². The van der Waals surface area contributed by atoms with Crippen LogP contribution in [0.25, 0.3) is 0 Å². The highest BCUT2D eigenvalue weighted by atomic mass is 127. The normalized spacial score (nSPS) is 12.6. The zero-order valence-electron chi connectivity index (χ0n) is 12.3. The number of halogens is 1. The quantitative estimate of drug-likeness (QED) is 0.428. The Labute approximate surface area is 147 Å². The molecular weight excluding hydrogens is 397 g/mol. The molecule has 0 aliphatic rings. The first kappa shape index (κ1) is 18.0. The topological polar surface area (TPSA) is 49.6 Å². The molecule has 116 valence electrons. The van der Waals surface area contributed by atoms with Gasteiger partial charge in [0.05, 0.1) is 6.26 Å². The molecule has 0 aliphatic carbocycles. The number of nitrogens with one attached hydrogen (secondary N) is 2. The lowest BCUT2D eigenvalue weighted by molar-refractivity contribution is 0.506. The van der Waals surface area contributed by atoms with Crippen LogP contribution in [0.3, 0.4) is 0 Å². The predicted molar refractivity (Wildman–Crippen MR) is 99.9 cm³/mol. The van der Waals surface area contributed by atoms with Crippen molar-refractivity contribution in [2.45, 2.75) is 19.3 Å². The second-order valence-corrected chi connectivity index (χ2v) is 5.45. The zero-order chi connectivity index (χ0) is 14.2. The van der Waals surface area contributed by atoms with Crippen LogP contribution >= 0.6 is 35.3 Å². The lowest BCUT2D eigenvalue weighted by Gasteiger charge is -2.15. The van der Waals surface area contributed by atoms with E-state index in [-0.39, 0.29) is 24.0 Å². The second kappa shape index (κ2) is 9.83. The first-order valence-electron chi connectivity index (χ1n) is 6.78. The van der Waals surface area contributed by atoms with Gasteiger partial charge in [-0.1, -0.05) is 6.92 Å². The Hall–Kier alpha value is -1.02. The van der Waals surface area contributed by atoms with Gasteiger partial charge in [0.1, 0.15) is 5.76 Å². The largest absolute Gasteiger partial charge is 0.469 e. The van der Waals surface area contributed by atoms with E-state index in [1.807, 2.05) is 12.1 Å². The van der Waals surface area contributed by atoms with Gasteiger partial charge in [-0.2, -0.15) is 11.3 Å². The summed E-state index contributed by atoms with van der Waals surface area (Å²) >= 11 is 1.74. The highest BCUT2D eigenvalue weighted by Crippen LogP contribution is 2.16. The smallest absolute Gasteiger partial charge is 0.191 e. The first-order valence-corrected chi connectivity index (χ1v) is 7.73. The van der Waals surface area contributed by atoms with Crippen molar-refractivity contribution in [3.63, 3.8) is 0 Å². The first-order chi connectivity index (χ1) is 9.79. The lowest BCUT2D eigenvalue weighted by atomic mass is 10.1. The molecule has 0 fully saturated rings. The zero-order valence-corrected chi connectivity index (χ0v) is 15.5. The van der Waals surface area contributed by atoms with Crippen LogP contribution in [0.15, 0.2) is 44.6 Å². The van der Waals surface area contributed by atoms with Crippen molar-refractivity contribution >= 4 is 41.3 Å². The third kappa shape index (κ3) is 6.09. The molecule has 2 N–H and O–H groups in total. The summed E-state index contributed by atoms with van der Waals surface area (Å²) in [5.41, 5.74) is 1.37. The van der Waals surface area contributed by atoms with Crippen molar-refractivity contribution in [1.82, 2.24) is 10.6 Å². The van der Waals surface area contributed by atoms with Gasteiger partial charge in [0.25, 0.3) is 0 Å². The van der Waals surface area contributed by atoms with E-state index in [2.05, 4.69) is 39.4 Å². The van der Waals surface area contributed by atoms with Crippen molar-refractivity contribution in [1.29, 1.82) is 0 Å². The van der Waals surface area contributed by atoms with Crippen molar-refractivity contribution < 1.29 is 4.42 Å². The molecule has 2 heterocycles. The van der Waals surface area contributed by atoms with Crippen LogP contribution in [-0.2, 0) is 6.42 Å². The average molecular weight is 419 g/mol. The molecule has 21 heavy (non-hydrogen) atoms. The Kier molecular flexibility index (Phi) is 8.44. The summed E-state index contributed by atoms with van der Waals surface area (Å²) in [6.07, 6.45) is 2.55. The third-order valence-electron chi connectivity index (χ3n) is 3.16. The molecule has 2 aromatic rings. The number of hydrogen-bond acceptors (Lipinski definition) is 3. The summed E-state index contributed by atoms with van der Waals surface area (Å²) in [5.74, 6) is 2.29. The number of nitrogens with zero attached hydrogens (tertiary/aromatic N) is 1. The molecule has 1 unspecified atom stereocenters. The minimum absolute atomic E-state index is 0. The molecule has 0 aromatic carbocycles. The Morgan fingerprint density at radius 2 is 2.24 bits per heavy atom. The molecule has 0 saturated carbocycles. The molecule has 0 bridgehead atoms. The van der Waals surface area contributed by atoms with E-state index in [0.717, 1.165) is 31.2 Å². The van der Waals surface area contributed by atoms with Gasteiger partial charge in [0.2, 0.25) is 0 Å². The maximum absolute atomic E-state index is 5.30. The summed E-state index contributed by atoms with van der Waals surface area (Å²) in [5, 5.41) is 10.9. The molecule has 2 rings (SSSR count). The van der Waals surface area contributed by atoms with Gasteiger partial charge in [-0.3, -0.25) is 4.99 Å². The predicted octanol–water partition coefficient (Wildman–Crippen LogP) is 3.47. The molecule has 4 nitrogen and oxygen atoms in total. The highest BCUT2D eigenvalue weighted by Gasteiger charge is 2.06. The van der Waals surface area contributed by atoms with Crippen LogP contribution in [-0.4, -0.2) is 26.1 Å². The van der Waals surface area contributed by atoms with Crippen LogP contribution < -0.4 is 10.6 Å². The Bertz CT molecular complexity index is 511. The van der Waals surface area contributed by atoms with Crippen molar-refractivity contribution in [3.8, 4) is 0 Å². The standard InChI is InChI=1S/C15H21N3OS.HI/c1-12(13-6-9-20-11-13)10-18-15(16-2)17-7-5-14-4-3-8-19-14;/h3-4,6,8-9,11-12H,5,7,10H2,1-2H3,(H2,16,17,18);1H. The molecule has 0 saturated heterocycles. The van der Waals surface area contributed by atoms with E-state index in [0.29, 0.717) is 5.92 Å². The molecule has 0 spiro atoms. The number of hydrogen-bond donors (Lipinski definition) is 2. The van der Waals surface area contributed by atoms with E-state index < -0.39 is 0 Å². The van der Waals surface area contributed by atoms with E-state index >= 15 is 0 Å². The SMILES string of the molecule is CN=C(NCCc1ccco1)NCC(C)c1ccsc1.I. The maximum Gasteiger partial charge on any atom is 0.191 e. The number of furan rings is 1. The highest BCUT2D eigenvalue weighted by molar-refractivity contribution is 14.0. The number of guanidine groups is 1. The number of rotatable bonds is 6. The Morgan fingerprint density at radius 1 is 1.38 bits per heavy atom. The minimum Gasteiger partial charge on any atom is -0.469 e.